The molecule has 2 rings (SSSR count). The Balaban J connectivity index is 2.09. The molecule has 1 aromatic heterocycles. The summed E-state index contributed by atoms with van der Waals surface area (Å²) in [5.41, 5.74) is 0.675. The molecule has 2 aromatic rings. The van der Waals surface area contributed by atoms with E-state index in [4.69, 9.17) is 0 Å². The van der Waals surface area contributed by atoms with E-state index in [9.17, 15) is 13.2 Å². The summed E-state index contributed by atoms with van der Waals surface area (Å²) in [6, 6.07) is 4.28. The van der Waals surface area contributed by atoms with Crippen LogP contribution in [0.2, 0.25) is 0 Å². The number of nitrogens with one attached hydrogen (secondary N) is 1. The summed E-state index contributed by atoms with van der Waals surface area (Å²) >= 11 is 4.57. The van der Waals surface area contributed by atoms with Crippen molar-refractivity contribution in [3.05, 3.63) is 39.3 Å². The summed E-state index contributed by atoms with van der Waals surface area (Å²) in [7, 11) is 0. The van der Waals surface area contributed by atoms with E-state index in [2.05, 4.69) is 31.0 Å². The van der Waals surface area contributed by atoms with Crippen molar-refractivity contribution in [2.24, 2.45) is 0 Å². The number of nitrogens with zero attached hydrogens (tertiary/aromatic N) is 1. The molecule has 0 spiro atoms. The lowest BCUT2D eigenvalue weighted by atomic mass is 10.2. The Morgan fingerprint density at radius 1 is 1.40 bits per heavy atom. The third-order valence-electron chi connectivity index (χ3n) is 2.36. The standard InChI is InChI=1S/C12H10BrF3N2OS/c1-7(11-17-4-5-20-11)18-8-2-3-10(9(13)6-8)19-12(14,15)16/h2-7,18H,1H3. The molecule has 108 valence electrons. The van der Waals surface area contributed by atoms with Gasteiger partial charge in [0, 0.05) is 17.3 Å². The first-order valence-electron chi connectivity index (χ1n) is 5.56. The van der Waals surface area contributed by atoms with Crippen molar-refractivity contribution in [1.29, 1.82) is 0 Å². The molecule has 1 heterocycles. The molecule has 1 atom stereocenters. The molecule has 8 heteroatoms. The number of aromatic nitrogens is 1. The third kappa shape index (κ3) is 4.11. The first-order valence-corrected chi connectivity index (χ1v) is 7.23. The summed E-state index contributed by atoms with van der Waals surface area (Å²) in [6.45, 7) is 1.92. The summed E-state index contributed by atoms with van der Waals surface area (Å²) < 4.78 is 40.6. The molecule has 3 nitrogen and oxygen atoms in total. The van der Waals surface area contributed by atoms with Gasteiger partial charge in [0.05, 0.1) is 10.5 Å². The molecule has 0 radical (unpaired) electrons. The second kappa shape index (κ2) is 6.01. The zero-order valence-corrected chi connectivity index (χ0v) is 12.6. The summed E-state index contributed by atoms with van der Waals surface area (Å²) in [6.07, 6.45) is -3.00. The molecule has 0 aliphatic carbocycles. The van der Waals surface area contributed by atoms with Gasteiger partial charge in [-0.15, -0.1) is 24.5 Å². The van der Waals surface area contributed by atoms with E-state index in [0.717, 1.165) is 5.01 Å². The molecule has 0 amide bonds. The Bertz CT molecular complexity index is 575. The van der Waals surface area contributed by atoms with Crippen LogP contribution in [0.1, 0.15) is 18.0 Å². The van der Waals surface area contributed by atoms with E-state index in [1.807, 2.05) is 12.3 Å². The van der Waals surface area contributed by atoms with Crippen molar-refractivity contribution in [3.8, 4) is 5.75 Å². The van der Waals surface area contributed by atoms with Crippen molar-refractivity contribution < 1.29 is 17.9 Å². The van der Waals surface area contributed by atoms with Crippen molar-refractivity contribution in [2.75, 3.05) is 5.32 Å². The number of alkyl halides is 3. The maximum absolute atomic E-state index is 12.2. The van der Waals surface area contributed by atoms with E-state index in [1.54, 1.807) is 6.20 Å². The maximum Gasteiger partial charge on any atom is 0.573 e. The van der Waals surface area contributed by atoms with E-state index in [1.165, 1.54) is 29.5 Å². The summed E-state index contributed by atoms with van der Waals surface area (Å²) in [4.78, 5) is 4.17. The molecule has 0 aliphatic heterocycles. The second-order valence-electron chi connectivity index (χ2n) is 3.93. The van der Waals surface area contributed by atoms with Crippen LogP contribution in [0, 0.1) is 0 Å². The number of hydrogen-bond donors (Lipinski definition) is 1. The number of anilines is 1. The van der Waals surface area contributed by atoms with Gasteiger partial charge in [-0.25, -0.2) is 4.98 Å². The number of thiazole rings is 1. The van der Waals surface area contributed by atoms with Gasteiger partial charge in [-0.3, -0.25) is 0 Å². The zero-order chi connectivity index (χ0) is 14.8. The summed E-state index contributed by atoms with van der Waals surface area (Å²) in [5.74, 6) is -0.273. The maximum atomic E-state index is 12.2. The van der Waals surface area contributed by atoms with Gasteiger partial charge in [0.25, 0.3) is 0 Å². The molecule has 0 aliphatic rings. The molecule has 0 saturated heterocycles. The fourth-order valence-corrected chi connectivity index (χ4v) is 2.66. The van der Waals surface area contributed by atoms with Gasteiger partial charge in [0.15, 0.2) is 0 Å². The fraction of sp³-hybridized carbons (Fsp3) is 0.250. The van der Waals surface area contributed by atoms with Crippen LogP contribution in [0.4, 0.5) is 18.9 Å². The molecule has 0 fully saturated rings. The van der Waals surface area contributed by atoms with Crippen LogP contribution < -0.4 is 10.1 Å². The van der Waals surface area contributed by atoms with Gasteiger partial charge in [-0.2, -0.15) is 0 Å². The third-order valence-corrected chi connectivity index (χ3v) is 3.94. The Kier molecular flexibility index (Phi) is 4.54. The minimum absolute atomic E-state index is 0.0312. The van der Waals surface area contributed by atoms with Gasteiger partial charge in [0.1, 0.15) is 10.8 Å². The Morgan fingerprint density at radius 2 is 2.15 bits per heavy atom. The zero-order valence-electron chi connectivity index (χ0n) is 10.2. The first kappa shape index (κ1) is 15.1. The Morgan fingerprint density at radius 3 is 2.70 bits per heavy atom. The predicted molar refractivity (Wildman–Crippen MR) is 75.0 cm³/mol. The number of rotatable bonds is 4. The highest BCUT2D eigenvalue weighted by Crippen LogP contribution is 2.33. The highest BCUT2D eigenvalue weighted by molar-refractivity contribution is 9.10. The van der Waals surface area contributed by atoms with Crippen LogP contribution in [0.15, 0.2) is 34.2 Å². The van der Waals surface area contributed by atoms with Gasteiger partial charge >= 0.3 is 6.36 Å². The van der Waals surface area contributed by atoms with E-state index in [0.29, 0.717) is 5.69 Å². The van der Waals surface area contributed by atoms with Crippen LogP contribution >= 0.6 is 27.3 Å². The van der Waals surface area contributed by atoms with Crippen molar-refractivity contribution in [1.82, 2.24) is 4.98 Å². The monoisotopic (exact) mass is 366 g/mol. The number of hydrogen-bond acceptors (Lipinski definition) is 4. The largest absolute Gasteiger partial charge is 0.573 e. The molecule has 20 heavy (non-hydrogen) atoms. The average Bonchev–Trinajstić information content (AvgIpc) is 2.85. The quantitative estimate of drug-likeness (QED) is 0.828. The lowest BCUT2D eigenvalue weighted by molar-refractivity contribution is -0.274. The first-order chi connectivity index (χ1) is 9.35. The minimum Gasteiger partial charge on any atom is -0.405 e. The average molecular weight is 367 g/mol. The molecule has 1 aromatic carbocycles. The topological polar surface area (TPSA) is 34.1 Å². The van der Waals surface area contributed by atoms with Crippen LogP contribution in [0.25, 0.3) is 0 Å². The van der Waals surface area contributed by atoms with Crippen LogP contribution in [-0.4, -0.2) is 11.3 Å². The number of ether oxygens (including phenoxy) is 1. The highest BCUT2D eigenvalue weighted by Gasteiger charge is 2.31. The van der Waals surface area contributed by atoms with Crippen molar-refractivity contribution >= 4 is 33.0 Å². The van der Waals surface area contributed by atoms with E-state index in [-0.39, 0.29) is 16.3 Å². The normalized spacial score (nSPS) is 13.1. The van der Waals surface area contributed by atoms with Gasteiger partial charge in [-0.05, 0) is 41.1 Å². The van der Waals surface area contributed by atoms with Crippen molar-refractivity contribution in [3.63, 3.8) is 0 Å². The SMILES string of the molecule is CC(Nc1ccc(OC(F)(F)F)c(Br)c1)c1nccs1. The second-order valence-corrected chi connectivity index (χ2v) is 5.71. The van der Waals surface area contributed by atoms with Gasteiger partial charge in [0.2, 0.25) is 0 Å². The Labute approximate surface area is 125 Å². The van der Waals surface area contributed by atoms with Gasteiger partial charge in [-0.1, -0.05) is 0 Å². The fourth-order valence-electron chi connectivity index (χ4n) is 1.56. The van der Waals surface area contributed by atoms with Crippen LogP contribution in [-0.2, 0) is 0 Å². The lowest BCUT2D eigenvalue weighted by Gasteiger charge is -2.15. The number of benzene rings is 1. The van der Waals surface area contributed by atoms with Crippen LogP contribution in [0.3, 0.4) is 0 Å². The van der Waals surface area contributed by atoms with E-state index >= 15 is 0 Å². The van der Waals surface area contributed by atoms with Crippen LogP contribution in [0.5, 0.6) is 5.75 Å². The van der Waals surface area contributed by atoms with Gasteiger partial charge < -0.3 is 10.1 Å². The predicted octanol–water partition coefficient (Wildman–Crippen LogP) is 4.98. The highest BCUT2D eigenvalue weighted by atomic mass is 79.9. The molecular formula is C12H10BrF3N2OS. The van der Waals surface area contributed by atoms with E-state index < -0.39 is 6.36 Å². The molecule has 0 saturated carbocycles. The Hall–Kier alpha value is -1.28. The molecule has 1 N–H and O–H groups in total. The smallest absolute Gasteiger partial charge is 0.405 e. The lowest BCUT2D eigenvalue weighted by Crippen LogP contribution is -2.17. The molecule has 0 bridgehead atoms. The number of halogens is 4. The van der Waals surface area contributed by atoms with Crippen molar-refractivity contribution in [2.45, 2.75) is 19.3 Å². The minimum atomic E-state index is -4.70. The summed E-state index contributed by atoms with van der Waals surface area (Å²) in [5, 5.41) is 5.92. The molecular weight excluding hydrogens is 357 g/mol. The molecule has 1 unspecified atom stereocenters.